The number of aromatic amines is 1. The Balaban J connectivity index is 2.26. The molecule has 3 heterocycles. The normalized spacial score (nSPS) is 10.7. The van der Waals surface area contributed by atoms with Crippen molar-refractivity contribution in [1.82, 2.24) is 24.7 Å². The average molecular weight is 314 g/mol. The van der Waals surface area contributed by atoms with Gasteiger partial charge in [-0.25, -0.2) is 9.97 Å². The van der Waals surface area contributed by atoms with E-state index in [9.17, 15) is 14.4 Å². The zero-order valence-electron chi connectivity index (χ0n) is 11.8. The summed E-state index contributed by atoms with van der Waals surface area (Å²) in [6, 6.07) is 0. The first-order chi connectivity index (χ1) is 11.1. The Morgan fingerprint density at radius 3 is 2.78 bits per heavy atom. The number of ketones is 1. The predicted molar refractivity (Wildman–Crippen MR) is 76.5 cm³/mol. The molecular weight excluding hydrogens is 304 g/mol. The summed E-state index contributed by atoms with van der Waals surface area (Å²) in [6.45, 7) is 0. The molecule has 0 saturated carbocycles. The lowest BCUT2D eigenvalue weighted by Crippen LogP contribution is -2.13. The number of methoxy groups -OCH3 is 1. The quantitative estimate of drug-likeness (QED) is 0.371. The lowest BCUT2D eigenvalue weighted by atomic mass is 10.1. The number of amides is 1. The molecule has 0 radical (unpaired) electrons. The van der Waals surface area contributed by atoms with Gasteiger partial charge in [-0.1, -0.05) is 0 Å². The molecular formula is C13H10N6O4. The van der Waals surface area contributed by atoms with E-state index in [4.69, 9.17) is 10.5 Å². The number of carbonyl (C=O) groups is 3. The maximum absolute atomic E-state index is 11.7. The number of pyridine rings is 1. The summed E-state index contributed by atoms with van der Waals surface area (Å²) in [5.74, 6) is -1.08. The molecule has 1 amide bonds. The lowest BCUT2D eigenvalue weighted by molar-refractivity contribution is -0.104. The van der Waals surface area contributed by atoms with Crippen LogP contribution in [0, 0.1) is 0 Å². The largest absolute Gasteiger partial charge is 0.494 e. The van der Waals surface area contributed by atoms with Crippen molar-refractivity contribution in [3.8, 4) is 11.6 Å². The van der Waals surface area contributed by atoms with Crippen LogP contribution in [0.4, 0.5) is 0 Å². The van der Waals surface area contributed by atoms with E-state index >= 15 is 0 Å². The molecule has 0 aromatic carbocycles. The number of carbonyl (C=O) groups excluding carboxylic acids is 3. The molecule has 0 saturated heterocycles. The molecule has 3 rings (SSSR count). The van der Waals surface area contributed by atoms with Gasteiger partial charge in [0.2, 0.25) is 11.6 Å². The first-order valence-corrected chi connectivity index (χ1v) is 6.32. The SMILES string of the molecule is COc1cnc(-n2cnc(C(N)=O)n2)c2[nH]cc(C(=O)C=O)c12. The van der Waals surface area contributed by atoms with Crippen molar-refractivity contribution >= 4 is 28.9 Å². The van der Waals surface area contributed by atoms with Gasteiger partial charge in [0.25, 0.3) is 5.91 Å². The van der Waals surface area contributed by atoms with Crippen molar-refractivity contribution in [3.63, 3.8) is 0 Å². The standard InChI is InChI=1S/C13H10N6O4/c1-23-8-3-16-13(19-5-17-12(18-19)11(14)22)10-9(8)6(2-15-10)7(21)4-20/h2-5,15H,1H3,(H2,14,22). The van der Waals surface area contributed by atoms with E-state index < -0.39 is 11.7 Å². The van der Waals surface area contributed by atoms with Gasteiger partial charge in [-0.15, -0.1) is 5.10 Å². The number of primary amides is 1. The number of nitrogens with zero attached hydrogens (tertiary/aromatic N) is 4. The minimum Gasteiger partial charge on any atom is -0.494 e. The predicted octanol–water partition coefficient (Wildman–Crippen LogP) is -0.367. The van der Waals surface area contributed by atoms with Gasteiger partial charge in [0.1, 0.15) is 12.1 Å². The molecule has 23 heavy (non-hydrogen) atoms. The second-order valence-corrected chi connectivity index (χ2v) is 4.46. The van der Waals surface area contributed by atoms with E-state index in [2.05, 4.69) is 20.1 Å². The number of nitrogens with one attached hydrogen (secondary N) is 1. The van der Waals surface area contributed by atoms with Crippen LogP contribution in [-0.2, 0) is 4.79 Å². The Bertz CT molecular complexity index is 941. The molecule has 0 bridgehead atoms. The van der Waals surface area contributed by atoms with Crippen molar-refractivity contribution in [1.29, 1.82) is 0 Å². The third-order valence-electron chi connectivity index (χ3n) is 3.18. The minimum absolute atomic E-state index is 0.144. The van der Waals surface area contributed by atoms with Crippen LogP contribution in [0.2, 0.25) is 0 Å². The van der Waals surface area contributed by atoms with E-state index in [0.717, 1.165) is 0 Å². The molecule has 0 aliphatic heterocycles. The summed E-state index contributed by atoms with van der Waals surface area (Å²) in [5.41, 5.74) is 5.66. The minimum atomic E-state index is -0.781. The summed E-state index contributed by atoms with van der Waals surface area (Å²) >= 11 is 0. The number of aldehydes is 1. The van der Waals surface area contributed by atoms with E-state index in [1.54, 1.807) is 0 Å². The number of H-pyrrole nitrogens is 1. The van der Waals surface area contributed by atoms with Crippen LogP contribution in [0.25, 0.3) is 16.7 Å². The molecule has 3 N–H and O–H groups in total. The van der Waals surface area contributed by atoms with Gasteiger partial charge in [-0.3, -0.25) is 14.4 Å². The summed E-state index contributed by atoms with van der Waals surface area (Å²) in [6.07, 6.45) is 4.22. The fourth-order valence-corrected chi connectivity index (χ4v) is 2.17. The van der Waals surface area contributed by atoms with Crippen molar-refractivity contribution in [2.75, 3.05) is 7.11 Å². The summed E-state index contributed by atoms with van der Waals surface area (Å²) < 4.78 is 6.42. The fourth-order valence-electron chi connectivity index (χ4n) is 2.17. The molecule has 3 aromatic rings. The summed E-state index contributed by atoms with van der Waals surface area (Å²) in [4.78, 5) is 44.4. The summed E-state index contributed by atoms with van der Waals surface area (Å²) in [7, 11) is 1.42. The highest BCUT2D eigenvalue weighted by Crippen LogP contribution is 2.31. The highest BCUT2D eigenvalue weighted by atomic mass is 16.5. The molecule has 10 heteroatoms. The Morgan fingerprint density at radius 1 is 1.39 bits per heavy atom. The van der Waals surface area contributed by atoms with Gasteiger partial charge < -0.3 is 15.5 Å². The molecule has 0 aliphatic carbocycles. The smallest absolute Gasteiger partial charge is 0.288 e. The number of nitrogens with two attached hydrogens (primary N) is 1. The van der Waals surface area contributed by atoms with E-state index in [-0.39, 0.29) is 23.5 Å². The third-order valence-corrected chi connectivity index (χ3v) is 3.18. The van der Waals surface area contributed by atoms with E-state index in [1.807, 2.05) is 0 Å². The number of fused-ring (bicyclic) bond motifs is 1. The number of hydrogen-bond acceptors (Lipinski definition) is 7. The Kier molecular flexibility index (Phi) is 3.33. The van der Waals surface area contributed by atoms with Gasteiger partial charge in [0.05, 0.1) is 29.8 Å². The monoisotopic (exact) mass is 314 g/mol. The molecule has 0 aliphatic rings. The van der Waals surface area contributed by atoms with Crippen molar-refractivity contribution < 1.29 is 19.1 Å². The summed E-state index contributed by atoms with van der Waals surface area (Å²) in [5, 5.41) is 4.29. The maximum Gasteiger partial charge on any atom is 0.288 e. The van der Waals surface area contributed by atoms with Gasteiger partial charge in [0, 0.05) is 6.20 Å². The number of hydrogen-bond donors (Lipinski definition) is 2. The molecule has 3 aromatic heterocycles. The van der Waals surface area contributed by atoms with Crippen LogP contribution in [0.3, 0.4) is 0 Å². The van der Waals surface area contributed by atoms with Gasteiger partial charge >= 0.3 is 0 Å². The second-order valence-electron chi connectivity index (χ2n) is 4.46. The third kappa shape index (κ3) is 2.21. The topological polar surface area (TPSA) is 146 Å². The van der Waals surface area contributed by atoms with Gasteiger partial charge in [-0.05, 0) is 0 Å². The first kappa shape index (κ1) is 14.4. The van der Waals surface area contributed by atoms with Crippen LogP contribution in [0.5, 0.6) is 5.75 Å². The van der Waals surface area contributed by atoms with Crippen LogP contribution in [-0.4, -0.2) is 49.8 Å². The Hall–Kier alpha value is -3.56. The highest BCUT2D eigenvalue weighted by molar-refractivity contribution is 6.36. The van der Waals surface area contributed by atoms with Gasteiger partial charge in [0.15, 0.2) is 12.1 Å². The molecule has 10 nitrogen and oxygen atoms in total. The first-order valence-electron chi connectivity index (χ1n) is 6.32. The fraction of sp³-hybridized carbons (Fsp3) is 0.0769. The average Bonchev–Trinajstić information content (AvgIpc) is 3.20. The van der Waals surface area contributed by atoms with Crippen molar-refractivity contribution in [2.45, 2.75) is 0 Å². The molecule has 0 spiro atoms. The highest BCUT2D eigenvalue weighted by Gasteiger charge is 2.20. The number of rotatable bonds is 5. The second kappa shape index (κ2) is 5.33. The number of ether oxygens (including phenoxy) is 1. The number of Topliss-reactive ketones (excluding diaryl/α,β-unsaturated/α-hetero) is 1. The van der Waals surface area contributed by atoms with E-state index in [1.165, 1.54) is 30.5 Å². The van der Waals surface area contributed by atoms with E-state index in [0.29, 0.717) is 16.7 Å². The molecule has 0 fully saturated rings. The van der Waals surface area contributed by atoms with Crippen LogP contribution < -0.4 is 10.5 Å². The Labute approximate surface area is 128 Å². The van der Waals surface area contributed by atoms with Crippen LogP contribution >= 0.6 is 0 Å². The van der Waals surface area contributed by atoms with Crippen molar-refractivity contribution in [2.24, 2.45) is 5.73 Å². The van der Waals surface area contributed by atoms with Gasteiger partial charge in [-0.2, -0.15) is 4.68 Å². The van der Waals surface area contributed by atoms with Crippen molar-refractivity contribution in [3.05, 3.63) is 30.1 Å². The van der Waals surface area contributed by atoms with Crippen LogP contribution in [0.1, 0.15) is 21.0 Å². The Morgan fingerprint density at radius 2 is 2.17 bits per heavy atom. The van der Waals surface area contributed by atoms with Crippen LogP contribution in [0.15, 0.2) is 18.7 Å². The maximum atomic E-state index is 11.7. The zero-order chi connectivity index (χ0) is 16.6. The number of aromatic nitrogens is 5. The molecule has 0 unspecified atom stereocenters. The molecule has 0 atom stereocenters. The zero-order valence-corrected chi connectivity index (χ0v) is 11.8. The lowest BCUT2D eigenvalue weighted by Gasteiger charge is -2.06. The molecule has 116 valence electrons.